The molecule has 0 spiro atoms. The number of fused-ring (bicyclic) bond motifs is 1. The standard InChI is InChI=1S/C12H17ClN4/c1-16(2)6-3-7-17-11-5-4-9(13)8-10(11)15-12(17)14/h4-5,8H,3,6-7H2,1-2H3,(H2,14,15). The molecular weight excluding hydrogens is 236 g/mol. The number of nitrogens with zero attached hydrogens (tertiary/aromatic N) is 3. The Balaban J connectivity index is 2.24. The van der Waals surface area contributed by atoms with E-state index in [-0.39, 0.29) is 0 Å². The van der Waals surface area contributed by atoms with Crippen LogP contribution in [-0.2, 0) is 6.54 Å². The molecule has 2 N–H and O–H groups in total. The second-order valence-corrected chi connectivity index (χ2v) is 4.85. The van der Waals surface area contributed by atoms with Gasteiger partial charge in [-0.3, -0.25) is 0 Å². The van der Waals surface area contributed by atoms with Crippen LogP contribution in [0, 0.1) is 0 Å². The summed E-state index contributed by atoms with van der Waals surface area (Å²) in [5.41, 5.74) is 7.82. The number of benzene rings is 1. The van der Waals surface area contributed by atoms with Crippen molar-refractivity contribution in [1.29, 1.82) is 0 Å². The topological polar surface area (TPSA) is 47.1 Å². The van der Waals surface area contributed by atoms with Gasteiger partial charge in [0.25, 0.3) is 0 Å². The van der Waals surface area contributed by atoms with E-state index in [2.05, 4.69) is 24.0 Å². The number of imidazole rings is 1. The minimum absolute atomic E-state index is 0.557. The molecule has 0 saturated heterocycles. The lowest BCUT2D eigenvalue weighted by atomic mass is 10.3. The molecule has 0 bridgehead atoms. The van der Waals surface area contributed by atoms with Gasteiger partial charge in [-0.2, -0.15) is 0 Å². The van der Waals surface area contributed by atoms with E-state index in [9.17, 15) is 0 Å². The summed E-state index contributed by atoms with van der Waals surface area (Å²) >= 11 is 5.93. The van der Waals surface area contributed by atoms with Crippen molar-refractivity contribution in [3.8, 4) is 0 Å². The van der Waals surface area contributed by atoms with Crippen LogP contribution in [0.2, 0.25) is 5.02 Å². The molecule has 2 aromatic rings. The quantitative estimate of drug-likeness (QED) is 0.908. The normalized spacial score (nSPS) is 11.5. The number of hydrogen-bond donors (Lipinski definition) is 1. The predicted molar refractivity (Wildman–Crippen MR) is 72.3 cm³/mol. The number of nitrogen functional groups attached to an aromatic ring is 1. The smallest absolute Gasteiger partial charge is 0.201 e. The Morgan fingerprint density at radius 2 is 2.18 bits per heavy atom. The van der Waals surface area contributed by atoms with Gasteiger partial charge < -0.3 is 15.2 Å². The second kappa shape index (κ2) is 4.94. The molecular formula is C12H17ClN4. The summed E-state index contributed by atoms with van der Waals surface area (Å²) in [5.74, 6) is 0.557. The fraction of sp³-hybridized carbons (Fsp3) is 0.417. The molecule has 1 aromatic carbocycles. The molecule has 0 unspecified atom stereocenters. The van der Waals surface area contributed by atoms with Crippen LogP contribution < -0.4 is 5.73 Å². The van der Waals surface area contributed by atoms with E-state index >= 15 is 0 Å². The van der Waals surface area contributed by atoms with Gasteiger partial charge in [-0.05, 0) is 45.3 Å². The van der Waals surface area contributed by atoms with Crippen molar-refractivity contribution >= 4 is 28.6 Å². The van der Waals surface area contributed by atoms with Crippen LogP contribution in [-0.4, -0.2) is 35.1 Å². The summed E-state index contributed by atoms with van der Waals surface area (Å²) in [7, 11) is 4.13. The number of anilines is 1. The highest BCUT2D eigenvalue weighted by atomic mass is 35.5. The minimum atomic E-state index is 0.557. The van der Waals surface area contributed by atoms with E-state index in [0.717, 1.165) is 30.5 Å². The van der Waals surface area contributed by atoms with Crippen LogP contribution in [0.3, 0.4) is 0 Å². The van der Waals surface area contributed by atoms with E-state index in [0.29, 0.717) is 11.0 Å². The fourth-order valence-electron chi connectivity index (χ4n) is 1.90. The number of halogens is 1. The predicted octanol–water partition coefficient (Wildman–Crippen LogP) is 2.22. The van der Waals surface area contributed by atoms with Crippen molar-refractivity contribution in [3.63, 3.8) is 0 Å². The molecule has 0 amide bonds. The fourth-order valence-corrected chi connectivity index (χ4v) is 2.07. The Bertz CT molecular complexity index is 518. The molecule has 92 valence electrons. The van der Waals surface area contributed by atoms with Gasteiger partial charge in [0.15, 0.2) is 0 Å². The van der Waals surface area contributed by atoms with Gasteiger partial charge in [0, 0.05) is 11.6 Å². The lowest BCUT2D eigenvalue weighted by molar-refractivity contribution is 0.388. The minimum Gasteiger partial charge on any atom is -0.369 e. The molecule has 0 aliphatic rings. The summed E-state index contributed by atoms with van der Waals surface area (Å²) < 4.78 is 2.04. The molecule has 5 heteroatoms. The molecule has 0 atom stereocenters. The van der Waals surface area contributed by atoms with Crippen molar-refractivity contribution in [3.05, 3.63) is 23.2 Å². The largest absolute Gasteiger partial charge is 0.369 e. The van der Waals surface area contributed by atoms with Gasteiger partial charge in [-0.25, -0.2) is 4.98 Å². The molecule has 0 aliphatic carbocycles. The van der Waals surface area contributed by atoms with Crippen molar-refractivity contribution in [2.75, 3.05) is 26.4 Å². The first kappa shape index (κ1) is 12.2. The van der Waals surface area contributed by atoms with Crippen LogP contribution in [0.25, 0.3) is 11.0 Å². The number of aryl methyl sites for hydroxylation is 1. The number of nitrogens with two attached hydrogens (primary N) is 1. The van der Waals surface area contributed by atoms with Gasteiger partial charge in [0.05, 0.1) is 11.0 Å². The van der Waals surface area contributed by atoms with Crippen molar-refractivity contribution in [2.24, 2.45) is 0 Å². The van der Waals surface area contributed by atoms with E-state index < -0.39 is 0 Å². The Morgan fingerprint density at radius 3 is 2.88 bits per heavy atom. The molecule has 17 heavy (non-hydrogen) atoms. The summed E-state index contributed by atoms with van der Waals surface area (Å²) in [6.07, 6.45) is 1.05. The average Bonchev–Trinajstić information content (AvgIpc) is 2.54. The highest BCUT2D eigenvalue weighted by Gasteiger charge is 2.08. The Labute approximate surface area is 106 Å². The average molecular weight is 253 g/mol. The SMILES string of the molecule is CN(C)CCCn1c(N)nc2cc(Cl)ccc21. The first-order chi connectivity index (χ1) is 8.08. The highest BCUT2D eigenvalue weighted by molar-refractivity contribution is 6.31. The third kappa shape index (κ3) is 2.70. The van der Waals surface area contributed by atoms with Crippen LogP contribution in [0.4, 0.5) is 5.95 Å². The number of aromatic nitrogens is 2. The van der Waals surface area contributed by atoms with E-state index in [1.165, 1.54) is 0 Å². The van der Waals surface area contributed by atoms with Gasteiger partial charge in [-0.1, -0.05) is 11.6 Å². The van der Waals surface area contributed by atoms with Crippen molar-refractivity contribution < 1.29 is 0 Å². The lowest BCUT2D eigenvalue weighted by Gasteiger charge is -2.10. The van der Waals surface area contributed by atoms with Crippen LogP contribution in [0.15, 0.2) is 18.2 Å². The molecule has 0 saturated carbocycles. The number of rotatable bonds is 4. The monoisotopic (exact) mass is 252 g/mol. The van der Waals surface area contributed by atoms with Crippen molar-refractivity contribution in [2.45, 2.75) is 13.0 Å². The van der Waals surface area contributed by atoms with Crippen LogP contribution in [0.1, 0.15) is 6.42 Å². The van der Waals surface area contributed by atoms with Gasteiger partial charge >= 0.3 is 0 Å². The van der Waals surface area contributed by atoms with Gasteiger partial charge in [0.1, 0.15) is 0 Å². The maximum atomic E-state index is 5.93. The van der Waals surface area contributed by atoms with E-state index in [1.807, 2.05) is 22.8 Å². The number of hydrogen-bond acceptors (Lipinski definition) is 3. The van der Waals surface area contributed by atoms with Crippen LogP contribution >= 0.6 is 11.6 Å². The first-order valence-electron chi connectivity index (χ1n) is 5.64. The summed E-state index contributed by atoms with van der Waals surface area (Å²) in [4.78, 5) is 6.47. The summed E-state index contributed by atoms with van der Waals surface area (Å²) in [5, 5.41) is 0.690. The molecule has 1 heterocycles. The van der Waals surface area contributed by atoms with Gasteiger partial charge in [0.2, 0.25) is 5.95 Å². The van der Waals surface area contributed by atoms with E-state index in [4.69, 9.17) is 17.3 Å². The maximum Gasteiger partial charge on any atom is 0.201 e. The molecule has 0 aliphatic heterocycles. The Morgan fingerprint density at radius 1 is 1.41 bits per heavy atom. The molecule has 0 radical (unpaired) electrons. The van der Waals surface area contributed by atoms with Gasteiger partial charge in [-0.15, -0.1) is 0 Å². The summed E-state index contributed by atoms with van der Waals surface area (Å²) in [6.45, 7) is 1.91. The third-order valence-electron chi connectivity index (χ3n) is 2.73. The van der Waals surface area contributed by atoms with E-state index in [1.54, 1.807) is 0 Å². The highest BCUT2D eigenvalue weighted by Crippen LogP contribution is 2.21. The summed E-state index contributed by atoms with van der Waals surface area (Å²) in [6, 6.07) is 5.68. The first-order valence-corrected chi connectivity index (χ1v) is 6.01. The Hall–Kier alpha value is -1.26. The third-order valence-corrected chi connectivity index (χ3v) is 2.96. The molecule has 2 rings (SSSR count). The van der Waals surface area contributed by atoms with Crippen LogP contribution in [0.5, 0.6) is 0 Å². The molecule has 0 fully saturated rings. The lowest BCUT2D eigenvalue weighted by Crippen LogP contribution is -2.15. The zero-order chi connectivity index (χ0) is 12.4. The maximum absolute atomic E-state index is 5.93. The molecule has 4 nitrogen and oxygen atoms in total. The second-order valence-electron chi connectivity index (χ2n) is 4.41. The van der Waals surface area contributed by atoms with Crippen molar-refractivity contribution in [1.82, 2.24) is 14.5 Å². The Kier molecular flexibility index (Phi) is 3.54. The zero-order valence-corrected chi connectivity index (χ0v) is 10.9. The molecule has 1 aromatic heterocycles. The zero-order valence-electron chi connectivity index (χ0n) is 10.2.